The highest BCUT2D eigenvalue weighted by Crippen LogP contribution is 2.30. The Morgan fingerprint density at radius 2 is 2.08 bits per heavy atom. The molecule has 0 amide bonds. The Morgan fingerprint density at radius 1 is 1.12 bits per heavy atom. The Hall–Kier alpha value is -2.60. The highest BCUT2D eigenvalue weighted by molar-refractivity contribution is 5.80. The molecule has 6 heteroatoms. The molecule has 3 aromatic rings. The summed E-state index contributed by atoms with van der Waals surface area (Å²) in [6, 6.07) is 8.14. The van der Waals surface area contributed by atoms with E-state index in [4.69, 9.17) is 9.72 Å². The van der Waals surface area contributed by atoms with Gasteiger partial charge in [-0.05, 0) is 49.2 Å². The summed E-state index contributed by atoms with van der Waals surface area (Å²) in [5.41, 5.74) is 4.16. The van der Waals surface area contributed by atoms with E-state index in [1.54, 1.807) is 0 Å². The number of nitrogens with zero attached hydrogens (tertiary/aromatic N) is 3. The van der Waals surface area contributed by atoms with Gasteiger partial charge in [0.2, 0.25) is 0 Å². The number of anilines is 1. The summed E-state index contributed by atoms with van der Waals surface area (Å²) in [5, 5.41) is 11.2. The monoisotopic (exact) mass is 323 g/mol. The molecule has 4 rings (SSSR count). The molecule has 1 aliphatic rings. The lowest BCUT2D eigenvalue weighted by Crippen LogP contribution is -2.23. The van der Waals surface area contributed by atoms with Crippen LogP contribution >= 0.6 is 0 Å². The molecular weight excluding hydrogens is 302 g/mol. The second kappa shape index (κ2) is 6.49. The lowest BCUT2D eigenvalue weighted by molar-refractivity contribution is 0.314. The molecule has 4 bridgehead atoms. The number of benzene rings is 1. The second-order valence-electron chi connectivity index (χ2n) is 5.99. The van der Waals surface area contributed by atoms with Gasteiger partial charge in [0.1, 0.15) is 18.2 Å². The van der Waals surface area contributed by atoms with Gasteiger partial charge in [0, 0.05) is 24.8 Å². The van der Waals surface area contributed by atoms with Crippen LogP contribution in [-0.2, 0) is 0 Å². The van der Waals surface area contributed by atoms with Crippen molar-refractivity contribution >= 4 is 11.5 Å². The molecule has 0 saturated heterocycles. The largest absolute Gasteiger partial charge is 0.492 e. The average Bonchev–Trinajstić information content (AvgIpc) is 3.01. The van der Waals surface area contributed by atoms with Crippen LogP contribution in [-0.4, -0.2) is 40.8 Å². The number of hydrogen-bond acceptors (Lipinski definition) is 5. The first-order chi connectivity index (χ1) is 11.8. The van der Waals surface area contributed by atoms with Crippen molar-refractivity contribution in [3.63, 3.8) is 0 Å². The average molecular weight is 323 g/mol. The third-order valence-electron chi connectivity index (χ3n) is 4.25. The maximum atomic E-state index is 5.88. The minimum absolute atomic E-state index is 0.658. The van der Waals surface area contributed by atoms with Crippen LogP contribution in [0, 0.1) is 6.92 Å². The van der Waals surface area contributed by atoms with Gasteiger partial charge in [-0.3, -0.25) is 0 Å². The van der Waals surface area contributed by atoms with Crippen molar-refractivity contribution < 1.29 is 4.74 Å². The van der Waals surface area contributed by atoms with Gasteiger partial charge in [0.15, 0.2) is 5.65 Å². The minimum Gasteiger partial charge on any atom is -0.492 e. The van der Waals surface area contributed by atoms with Gasteiger partial charge in [-0.15, -0.1) is 0 Å². The Bertz CT molecular complexity index is 858. The van der Waals surface area contributed by atoms with Crippen LogP contribution in [0.3, 0.4) is 0 Å². The maximum absolute atomic E-state index is 5.88. The first kappa shape index (κ1) is 15.0. The molecule has 3 heterocycles. The maximum Gasteiger partial charge on any atom is 0.165 e. The first-order valence-electron chi connectivity index (χ1n) is 8.34. The fourth-order valence-corrected chi connectivity index (χ4v) is 2.93. The van der Waals surface area contributed by atoms with Crippen molar-refractivity contribution in [1.82, 2.24) is 19.9 Å². The van der Waals surface area contributed by atoms with E-state index in [0.717, 1.165) is 54.4 Å². The van der Waals surface area contributed by atoms with E-state index in [2.05, 4.69) is 34.8 Å². The molecule has 6 nitrogen and oxygen atoms in total. The van der Waals surface area contributed by atoms with Gasteiger partial charge in [0.25, 0.3) is 0 Å². The molecule has 24 heavy (non-hydrogen) atoms. The van der Waals surface area contributed by atoms with Crippen molar-refractivity contribution in [1.29, 1.82) is 0 Å². The number of rotatable bonds is 0. The summed E-state index contributed by atoms with van der Waals surface area (Å²) in [5.74, 6) is 1.75. The Kier molecular flexibility index (Phi) is 4.04. The molecule has 1 aromatic carbocycles. The molecule has 0 unspecified atom stereocenters. The third kappa shape index (κ3) is 2.92. The Labute approximate surface area is 140 Å². The highest BCUT2D eigenvalue weighted by atomic mass is 16.5. The number of hydrogen-bond donors (Lipinski definition) is 2. The standard InChI is InChI=1S/C18H21N5O/c1-13-3-4-14-11-15(13)16-12-21-23-9-5-17(22-18(16)23)20-7-2-6-19-8-10-24-14/h3-5,9,11-12,19H,2,6-8,10H2,1H3,(H,20,22). The quantitative estimate of drug-likeness (QED) is 0.665. The minimum atomic E-state index is 0.658. The van der Waals surface area contributed by atoms with Crippen LogP contribution in [0.5, 0.6) is 5.75 Å². The van der Waals surface area contributed by atoms with E-state index < -0.39 is 0 Å². The topological polar surface area (TPSA) is 63.5 Å². The SMILES string of the molecule is Cc1ccc2cc1-c1cnn3ccc(nc13)NCCCNCCO2. The van der Waals surface area contributed by atoms with Crippen LogP contribution in [0.25, 0.3) is 16.8 Å². The fraction of sp³-hybridized carbons (Fsp3) is 0.333. The van der Waals surface area contributed by atoms with E-state index in [0.29, 0.717) is 6.61 Å². The van der Waals surface area contributed by atoms with Crippen LogP contribution in [0.4, 0.5) is 5.82 Å². The molecule has 0 fully saturated rings. The van der Waals surface area contributed by atoms with Gasteiger partial charge < -0.3 is 15.4 Å². The summed E-state index contributed by atoms with van der Waals surface area (Å²) >= 11 is 0. The van der Waals surface area contributed by atoms with E-state index in [1.807, 2.05) is 29.0 Å². The van der Waals surface area contributed by atoms with Crippen molar-refractivity contribution in [2.24, 2.45) is 0 Å². The van der Waals surface area contributed by atoms with Crippen molar-refractivity contribution in [2.45, 2.75) is 13.3 Å². The molecule has 0 spiro atoms. The Balaban J connectivity index is 1.82. The van der Waals surface area contributed by atoms with Crippen molar-refractivity contribution in [2.75, 3.05) is 31.6 Å². The molecule has 0 saturated carbocycles. The number of ether oxygens (including phenoxy) is 1. The van der Waals surface area contributed by atoms with Crippen molar-refractivity contribution in [3.8, 4) is 16.9 Å². The van der Waals surface area contributed by atoms with E-state index in [9.17, 15) is 0 Å². The predicted molar refractivity (Wildman–Crippen MR) is 94.6 cm³/mol. The molecule has 0 aliphatic carbocycles. The summed E-state index contributed by atoms with van der Waals surface area (Å²) in [6.07, 6.45) is 4.85. The van der Waals surface area contributed by atoms with Crippen LogP contribution in [0.15, 0.2) is 36.7 Å². The molecular formula is C18H21N5O. The van der Waals surface area contributed by atoms with Gasteiger partial charge >= 0.3 is 0 Å². The van der Waals surface area contributed by atoms with E-state index >= 15 is 0 Å². The third-order valence-corrected chi connectivity index (χ3v) is 4.25. The lowest BCUT2D eigenvalue weighted by Gasteiger charge is -2.10. The lowest BCUT2D eigenvalue weighted by atomic mass is 10.0. The van der Waals surface area contributed by atoms with Crippen LogP contribution in [0.2, 0.25) is 0 Å². The summed E-state index contributed by atoms with van der Waals surface area (Å²) in [7, 11) is 0. The van der Waals surface area contributed by atoms with Gasteiger partial charge in [0.05, 0.1) is 6.20 Å². The number of fused-ring (bicyclic) bond motifs is 4. The highest BCUT2D eigenvalue weighted by Gasteiger charge is 2.12. The first-order valence-corrected chi connectivity index (χ1v) is 8.34. The zero-order chi connectivity index (χ0) is 16.4. The zero-order valence-electron chi connectivity index (χ0n) is 13.7. The number of nitrogens with one attached hydrogen (secondary N) is 2. The van der Waals surface area contributed by atoms with E-state index in [-0.39, 0.29) is 0 Å². The molecule has 124 valence electrons. The number of aryl methyl sites for hydroxylation is 1. The molecule has 1 aliphatic heterocycles. The van der Waals surface area contributed by atoms with Crippen molar-refractivity contribution in [3.05, 3.63) is 42.2 Å². The van der Waals surface area contributed by atoms with Gasteiger partial charge in [-0.2, -0.15) is 5.10 Å². The fourth-order valence-electron chi connectivity index (χ4n) is 2.93. The summed E-state index contributed by atoms with van der Waals surface area (Å²) in [4.78, 5) is 4.75. The van der Waals surface area contributed by atoms with Crippen LogP contribution in [0.1, 0.15) is 12.0 Å². The predicted octanol–water partition coefficient (Wildman–Crippen LogP) is 2.49. The summed E-state index contributed by atoms with van der Waals surface area (Å²) < 4.78 is 7.69. The normalized spacial score (nSPS) is 15.4. The molecule has 0 radical (unpaired) electrons. The summed E-state index contributed by atoms with van der Waals surface area (Å²) in [6.45, 7) is 5.43. The Morgan fingerprint density at radius 3 is 3.04 bits per heavy atom. The molecule has 0 atom stereocenters. The number of aromatic nitrogens is 3. The molecule has 2 N–H and O–H groups in total. The van der Waals surface area contributed by atoms with Gasteiger partial charge in [-0.25, -0.2) is 9.50 Å². The van der Waals surface area contributed by atoms with E-state index in [1.165, 1.54) is 5.56 Å². The smallest absolute Gasteiger partial charge is 0.165 e. The zero-order valence-corrected chi connectivity index (χ0v) is 13.7. The second-order valence-corrected chi connectivity index (χ2v) is 5.99. The molecule has 2 aromatic heterocycles. The van der Waals surface area contributed by atoms with Gasteiger partial charge in [-0.1, -0.05) is 6.07 Å². The van der Waals surface area contributed by atoms with Crippen LogP contribution < -0.4 is 15.4 Å².